The van der Waals surface area contributed by atoms with Crippen molar-refractivity contribution in [3.05, 3.63) is 46.8 Å². The van der Waals surface area contributed by atoms with Crippen molar-refractivity contribution in [2.24, 2.45) is 5.92 Å². The van der Waals surface area contributed by atoms with E-state index in [0.29, 0.717) is 12.3 Å². The number of aliphatic carboxylic acids is 1. The first kappa shape index (κ1) is 17.6. The summed E-state index contributed by atoms with van der Waals surface area (Å²) >= 11 is 0. The third-order valence-electron chi connectivity index (χ3n) is 5.60. The lowest BCUT2D eigenvalue weighted by Crippen LogP contribution is -2.30. The Bertz CT molecular complexity index is 875. The van der Waals surface area contributed by atoms with Gasteiger partial charge in [-0.25, -0.2) is 0 Å². The van der Waals surface area contributed by atoms with Gasteiger partial charge >= 0.3 is 5.97 Å². The number of rotatable bonds is 4. The Kier molecular flexibility index (Phi) is 4.59. The second-order valence-corrected chi connectivity index (χ2v) is 7.18. The van der Waals surface area contributed by atoms with Crippen LogP contribution in [0.4, 0.5) is 0 Å². The summed E-state index contributed by atoms with van der Waals surface area (Å²) in [5.41, 5.74) is 2.61. The number of nitrogens with zero attached hydrogens (tertiary/aromatic N) is 2. The maximum absolute atomic E-state index is 13.0. The minimum Gasteiger partial charge on any atom is -0.497 e. The van der Waals surface area contributed by atoms with Crippen molar-refractivity contribution in [1.82, 2.24) is 10.1 Å². The maximum atomic E-state index is 13.0. The average molecular weight is 370 g/mol. The summed E-state index contributed by atoms with van der Waals surface area (Å²) in [5.74, 6) is -1.18. The largest absolute Gasteiger partial charge is 0.497 e. The molecule has 0 bridgehead atoms. The van der Waals surface area contributed by atoms with Gasteiger partial charge in [0, 0.05) is 24.6 Å². The van der Waals surface area contributed by atoms with E-state index in [1.54, 1.807) is 12.0 Å². The minimum atomic E-state index is -0.905. The Morgan fingerprint density at radius 1 is 1.26 bits per heavy atom. The number of likely N-dealkylation sites (tertiary alicyclic amines) is 1. The summed E-state index contributed by atoms with van der Waals surface area (Å²) in [6.45, 7) is 0.490. The number of carboxylic acid groups (broad SMARTS) is 1. The van der Waals surface area contributed by atoms with Crippen LogP contribution in [0.25, 0.3) is 0 Å². The number of hydrogen-bond donors (Lipinski definition) is 1. The zero-order valence-electron chi connectivity index (χ0n) is 15.2. The summed E-state index contributed by atoms with van der Waals surface area (Å²) in [7, 11) is 1.57. The van der Waals surface area contributed by atoms with E-state index in [1.807, 2.05) is 24.3 Å². The summed E-state index contributed by atoms with van der Waals surface area (Å²) in [6, 6.07) is 7.38. The molecule has 0 saturated carbocycles. The number of benzene rings is 1. The topological polar surface area (TPSA) is 92.9 Å². The molecule has 0 unspecified atom stereocenters. The highest BCUT2D eigenvalue weighted by atomic mass is 16.5. The lowest BCUT2D eigenvalue weighted by Gasteiger charge is -2.17. The number of amides is 1. The highest BCUT2D eigenvalue weighted by molar-refractivity contribution is 5.94. The Hall–Kier alpha value is -2.83. The van der Waals surface area contributed by atoms with Crippen molar-refractivity contribution >= 4 is 11.9 Å². The summed E-state index contributed by atoms with van der Waals surface area (Å²) in [6.07, 6.45) is 3.68. The molecule has 1 aliphatic carbocycles. The van der Waals surface area contributed by atoms with Crippen molar-refractivity contribution in [2.45, 2.75) is 31.6 Å². The number of hydrogen-bond acceptors (Lipinski definition) is 5. The van der Waals surface area contributed by atoms with Gasteiger partial charge in [0.05, 0.1) is 18.7 Å². The first-order chi connectivity index (χ1) is 13.1. The van der Waals surface area contributed by atoms with Crippen LogP contribution in [0, 0.1) is 5.92 Å². The fourth-order valence-electron chi connectivity index (χ4n) is 4.13. The minimum absolute atomic E-state index is 0.158. The molecule has 4 rings (SSSR count). The van der Waals surface area contributed by atoms with Crippen LogP contribution in [0.1, 0.15) is 46.1 Å². The molecule has 1 aliphatic heterocycles. The molecule has 7 heteroatoms. The van der Waals surface area contributed by atoms with E-state index in [2.05, 4.69) is 5.16 Å². The zero-order chi connectivity index (χ0) is 19.0. The smallest absolute Gasteiger partial charge is 0.308 e. The summed E-state index contributed by atoms with van der Waals surface area (Å²) in [5, 5.41) is 13.7. The number of aromatic nitrogens is 1. The van der Waals surface area contributed by atoms with Crippen molar-refractivity contribution in [2.75, 3.05) is 20.2 Å². The van der Waals surface area contributed by atoms with Crippen LogP contribution < -0.4 is 4.74 Å². The predicted molar refractivity (Wildman–Crippen MR) is 95.9 cm³/mol. The first-order valence-electron chi connectivity index (χ1n) is 9.22. The standard InChI is InChI=1S/C20H22N2O5/c1-26-13-6-4-5-12(9-13)15-10-22(11-16(15)20(24)25)19(23)18-14-7-2-3-8-17(14)21-27-18/h4-6,9,15-16H,2-3,7-8,10-11H2,1H3,(H,24,25)/t15-,16+/m0/s1. The second kappa shape index (κ2) is 7.06. The number of ether oxygens (including phenoxy) is 1. The SMILES string of the molecule is COc1cccc([C@@H]2CN(C(=O)c3onc4c3CCCC4)C[C@H]2C(=O)O)c1. The molecule has 142 valence electrons. The molecule has 1 fully saturated rings. The van der Waals surface area contributed by atoms with E-state index in [0.717, 1.165) is 42.5 Å². The van der Waals surface area contributed by atoms with Crippen molar-refractivity contribution < 1.29 is 24.0 Å². The van der Waals surface area contributed by atoms with Gasteiger partial charge in [0.25, 0.3) is 5.91 Å². The van der Waals surface area contributed by atoms with Crippen molar-refractivity contribution in [1.29, 1.82) is 0 Å². The highest BCUT2D eigenvalue weighted by Gasteiger charge is 2.42. The van der Waals surface area contributed by atoms with E-state index in [1.165, 1.54) is 0 Å². The van der Waals surface area contributed by atoms with Crippen LogP contribution in [0.3, 0.4) is 0 Å². The monoisotopic (exact) mass is 370 g/mol. The lowest BCUT2D eigenvalue weighted by molar-refractivity contribution is -0.141. The number of fused-ring (bicyclic) bond motifs is 1. The van der Waals surface area contributed by atoms with E-state index in [4.69, 9.17) is 9.26 Å². The van der Waals surface area contributed by atoms with Crippen LogP contribution in [0.15, 0.2) is 28.8 Å². The molecule has 1 amide bonds. The normalized spacial score (nSPS) is 21.7. The number of carbonyl (C=O) groups is 2. The molecule has 27 heavy (non-hydrogen) atoms. The van der Waals surface area contributed by atoms with Crippen LogP contribution >= 0.6 is 0 Å². The molecule has 2 aromatic rings. The Morgan fingerprint density at radius 2 is 2.07 bits per heavy atom. The Balaban J connectivity index is 1.60. The predicted octanol–water partition coefficient (Wildman–Crippen LogP) is 2.50. The van der Waals surface area contributed by atoms with Gasteiger partial charge in [-0.3, -0.25) is 9.59 Å². The molecular formula is C20H22N2O5. The number of aryl methyl sites for hydroxylation is 1. The second-order valence-electron chi connectivity index (χ2n) is 7.18. The van der Waals surface area contributed by atoms with Crippen LogP contribution in [-0.4, -0.2) is 47.2 Å². The third-order valence-corrected chi connectivity index (χ3v) is 5.60. The maximum Gasteiger partial charge on any atom is 0.308 e. The van der Waals surface area contributed by atoms with Crippen molar-refractivity contribution in [3.8, 4) is 5.75 Å². The lowest BCUT2D eigenvalue weighted by atomic mass is 9.89. The molecule has 1 saturated heterocycles. The van der Waals surface area contributed by atoms with Gasteiger partial charge < -0.3 is 19.3 Å². The number of methoxy groups -OCH3 is 1. The fraction of sp³-hybridized carbons (Fsp3) is 0.450. The molecule has 2 heterocycles. The molecule has 2 atom stereocenters. The summed E-state index contributed by atoms with van der Waals surface area (Å²) in [4.78, 5) is 26.4. The highest BCUT2D eigenvalue weighted by Crippen LogP contribution is 2.36. The van der Waals surface area contributed by atoms with Gasteiger partial charge in [0.15, 0.2) is 0 Å². The molecule has 1 N–H and O–H groups in total. The fourth-order valence-corrected chi connectivity index (χ4v) is 4.13. The van der Waals surface area contributed by atoms with Gasteiger partial charge in [-0.05, 0) is 43.4 Å². The molecule has 7 nitrogen and oxygen atoms in total. The molecular weight excluding hydrogens is 348 g/mol. The third kappa shape index (κ3) is 3.18. The Morgan fingerprint density at radius 3 is 2.85 bits per heavy atom. The van der Waals surface area contributed by atoms with Gasteiger partial charge in [0.1, 0.15) is 5.75 Å². The number of carboxylic acids is 1. The van der Waals surface area contributed by atoms with E-state index in [-0.39, 0.29) is 24.1 Å². The van der Waals surface area contributed by atoms with E-state index >= 15 is 0 Å². The van der Waals surface area contributed by atoms with E-state index < -0.39 is 11.9 Å². The Labute approximate surface area is 156 Å². The van der Waals surface area contributed by atoms with E-state index in [9.17, 15) is 14.7 Å². The van der Waals surface area contributed by atoms with Crippen molar-refractivity contribution in [3.63, 3.8) is 0 Å². The number of carbonyl (C=O) groups excluding carboxylic acids is 1. The molecule has 1 aromatic heterocycles. The van der Waals surface area contributed by atoms with Crippen LogP contribution in [0.5, 0.6) is 5.75 Å². The first-order valence-corrected chi connectivity index (χ1v) is 9.22. The molecule has 2 aliphatic rings. The van der Waals surface area contributed by atoms with Gasteiger partial charge in [-0.1, -0.05) is 17.3 Å². The van der Waals surface area contributed by atoms with Gasteiger partial charge in [-0.2, -0.15) is 0 Å². The average Bonchev–Trinajstić information content (AvgIpc) is 3.32. The van der Waals surface area contributed by atoms with Gasteiger partial charge in [0.2, 0.25) is 5.76 Å². The summed E-state index contributed by atoms with van der Waals surface area (Å²) < 4.78 is 10.6. The van der Waals surface area contributed by atoms with Crippen LogP contribution in [0.2, 0.25) is 0 Å². The molecule has 0 spiro atoms. The van der Waals surface area contributed by atoms with Gasteiger partial charge in [-0.15, -0.1) is 0 Å². The zero-order valence-corrected chi connectivity index (χ0v) is 15.2. The van der Waals surface area contributed by atoms with Crippen LogP contribution in [-0.2, 0) is 17.6 Å². The molecule has 1 aromatic carbocycles. The molecule has 0 radical (unpaired) electrons. The quantitative estimate of drug-likeness (QED) is 0.889.